The SMILES string of the molecule is CNc1ccc([N+](=O)[O-])c(C(=O)N(C)C(C)C)c1. The Balaban J connectivity index is 3.27. The van der Waals surface area contributed by atoms with Gasteiger partial charge in [0, 0.05) is 31.9 Å². The second-order valence-corrected chi connectivity index (χ2v) is 4.25. The Morgan fingerprint density at radius 1 is 1.44 bits per heavy atom. The predicted molar refractivity (Wildman–Crippen MR) is 69.9 cm³/mol. The standard InChI is InChI=1S/C12H17N3O3/c1-8(2)14(4)12(16)10-7-9(13-3)5-6-11(10)15(17)18/h5-8,13H,1-4H3. The highest BCUT2D eigenvalue weighted by molar-refractivity contribution is 5.99. The minimum atomic E-state index is -0.541. The number of hydrogen-bond donors (Lipinski definition) is 1. The molecule has 0 aliphatic carbocycles. The number of nitro groups is 1. The number of nitro benzene ring substituents is 1. The van der Waals surface area contributed by atoms with Crippen molar-refractivity contribution >= 4 is 17.3 Å². The van der Waals surface area contributed by atoms with Gasteiger partial charge in [-0.15, -0.1) is 0 Å². The van der Waals surface area contributed by atoms with Crippen molar-refractivity contribution in [1.82, 2.24) is 4.90 Å². The van der Waals surface area contributed by atoms with E-state index in [1.807, 2.05) is 13.8 Å². The maximum absolute atomic E-state index is 12.2. The Morgan fingerprint density at radius 2 is 2.06 bits per heavy atom. The van der Waals surface area contributed by atoms with Crippen LogP contribution in [0.4, 0.5) is 11.4 Å². The van der Waals surface area contributed by atoms with Crippen molar-refractivity contribution < 1.29 is 9.72 Å². The maximum Gasteiger partial charge on any atom is 0.282 e. The summed E-state index contributed by atoms with van der Waals surface area (Å²) in [7, 11) is 3.32. The van der Waals surface area contributed by atoms with Gasteiger partial charge in [-0.2, -0.15) is 0 Å². The topological polar surface area (TPSA) is 75.5 Å². The van der Waals surface area contributed by atoms with E-state index in [1.165, 1.54) is 17.0 Å². The van der Waals surface area contributed by atoms with Crippen LogP contribution in [-0.2, 0) is 0 Å². The molecule has 0 atom stereocenters. The van der Waals surface area contributed by atoms with E-state index in [2.05, 4.69) is 5.32 Å². The lowest BCUT2D eigenvalue weighted by Gasteiger charge is -2.21. The van der Waals surface area contributed by atoms with Gasteiger partial charge in [0.15, 0.2) is 0 Å². The fraction of sp³-hybridized carbons (Fsp3) is 0.417. The molecule has 1 rings (SSSR count). The Hall–Kier alpha value is -2.11. The third kappa shape index (κ3) is 2.77. The Morgan fingerprint density at radius 3 is 2.50 bits per heavy atom. The first-order valence-corrected chi connectivity index (χ1v) is 5.61. The molecule has 18 heavy (non-hydrogen) atoms. The van der Waals surface area contributed by atoms with E-state index >= 15 is 0 Å². The summed E-state index contributed by atoms with van der Waals surface area (Å²) in [6, 6.07) is 4.40. The number of carbonyl (C=O) groups excluding carboxylic acids is 1. The second-order valence-electron chi connectivity index (χ2n) is 4.25. The van der Waals surface area contributed by atoms with Gasteiger partial charge in [0.1, 0.15) is 5.56 Å². The molecule has 1 amide bonds. The summed E-state index contributed by atoms with van der Waals surface area (Å²) in [5.41, 5.74) is 0.593. The van der Waals surface area contributed by atoms with E-state index in [4.69, 9.17) is 0 Å². The Labute approximate surface area is 106 Å². The fourth-order valence-electron chi connectivity index (χ4n) is 1.45. The molecule has 1 aromatic rings. The number of nitrogens with zero attached hydrogens (tertiary/aromatic N) is 2. The molecule has 0 saturated carbocycles. The number of rotatable bonds is 4. The van der Waals surface area contributed by atoms with Crippen LogP contribution in [0, 0.1) is 10.1 Å². The minimum Gasteiger partial charge on any atom is -0.388 e. The molecule has 0 radical (unpaired) electrons. The first kappa shape index (κ1) is 14.0. The molecule has 0 unspecified atom stereocenters. The summed E-state index contributed by atoms with van der Waals surface area (Å²) in [6.07, 6.45) is 0. The van der Waals surface area contributed by atoms with Crippen LogP contribution in [-0.4, -0.2) is 35.9 Å². The van der Waals surface area contributed by atoms with Gasteiger partial charge < -0.3 is 10.2 Å². The van der Waals surface area contributed by atoms with E-state index in [0.29, 0.717) is 5.69 Å². The van der Waals surface area contributed by atoms with Crippen LogP contribution in [0.3, 0.4) is 0 Å². The fourth-order valence-corrected chi connectivity index (χ4v) is 1.45. The summed E-state index contributed by atoms with van der Waals surface area (Å²) in [5.74, 6) is -0.353. The van der Waals surface area contributed by atoms with Crippen LogP contribution >= 0.6 is 0 Å². The van der Waals surface area contributed by atoms with Gasteiger partial charge in [-0.25, -0.2) is 0 Å². The van der Waals surface area contributed by atoms with Crippen molar-refractivity contribution in [1.29, 1.82) is 0 Å². The highest BCUT2D eigenvalue weighted by Crippen LogP contribution is 2.24. The molecule has 1 aromatic carbocycles. The van der Waals surface area contributed by atoms with Gasteiger partial charge in [0.2, 0.25) is 0 Å². The zero-order valence-corrected chi connectivity index (χ0v) is 10.9. The largest absolute Gasteiger partial charge is 0.388 e. The summed E-state index contributed by atoms with van der Waals surface area (Å²) < 4.78 is 0. The Bertz CT molecular complexity index is 472. The van der Waals surface area contributed by atoms with Crippen LogP contribution in [0.2, 0.25) is 0 Å². The van der Waals surface area contributed by atoms with Crippen molar-refractivity contribution in [3.63, 3.8) is 0 Å². The molecular formula is C12H17N3O3. The molecule has 6 nitrogen and oxygen atoms in total. The van der Waals surface area contributed by atoms with E-state index in [-0.39, 0.29) is 23.2 Å². The number of anilines is 1. The molecule has 1 N–H and O–H groups in total. The number of carbonyl (C=O) groups is 1. The van der Waals surface area contributed by atoms with Crippen molar-refractivity contribution in [3.8, 4) is 0 Å². The van der Waals surface area contributed by atoms with Gasteiger partial charge in [-0.1, -0.05) is 0 Å². The van der Waals surface area contributed by atoms with Gasteiger partial charge in [0.05, 0.1) is 4.92 Å². The molecular weight excluding hydrogens is 234 g/mol. The number of hydrogen-bond acceptors (Lipinski definition) is 4. The third-order valence-electron chi connectivity index (χ3n) is 2.81. The number of benzene rings is 1. The van der Waals surface area contributed by atoms with Crippen molar-refractivity contribution in [2.24, 2.45) is 0 Å². The van der Waals surface area contributed by atoms with Crippen LogP contribution < -0.4 is 5.32 Å². The monoisotopic (exact) mass is 251 g/mol. The van der Waals surface area contributed by atoms with Crippen LogP contribution in [0.15, 0.2) is 18.2 Å². The minimum absolute atomic E-state index is 0.0182. The lowest BCUT2D eigenvalue weighted by atomic mass is 10.1. The van der Waals surface area contributed by atoms with E-state index < -0.39 is 4.92 Å². The lowest BCUT2D eigenvalue weighted by molar-refractivity contribution is -0.385. The molecule has 0 aliphatic heterocycles. The summed E-state index contributed by atoms with van der Waals surface area (Å²) in [4.78, 5) is 24.0. The molecule has 98 valence electrons. The molecule has 0 heterocycles. The molecule has 0 spiro atoms. The molecule has 0 fully saturated rings. The lowest BCUT2D eigenvalue weighted by Crippen LogP contribution is -2.33. The first-order chi connectivity index (χ1) is 8.38. The molecule has 0 aromatic heterocycles. The molecule has 0 saturated heterocycles. The van der Waals surface area contributed by atoms with Crippen molar-refractivity contribution in [3.05, 3.63) is 33.9 Å². The predicted octanol–water partition coefficient (Wildman–Crippen LogP) is 2.12. The van der Waals surface area contributed by atoms with Crippen molar-refractivity contribution in [2.75, 3.05) is 19.4 Å². The van der Waals surface area contributed by atoms with Crippen LogP contribution in [0.25, 0.3) is 0 Å². The van der Waals surface area contributed by atoms with Crippen LogP contribution in [0.1, 0.15) is 24.2 Å². The zero-order valence-electron chi connectivity index (χ0n) is 10.9. The molecule has 0 aliphatic rings. The maximum atomic E-state index is 12.2. The highest BCUT2D eigenvalue weighted by atomic mass is 16.6. The number of nitrogens with one attached hydrogen (secondary N) is 1. The van der Waals surface area contributed by atoms with E-state index in [9.17, 15) is 14.9 Å². The zero-order chi connectivity index (χ0) is 13.9. The summed E-state index contributed by atoms with van der Waals surface area (Å²) >= 11 is 0. The average molecular weight is 251 g/mol. The van der Waals surface area contributed by atoms with Gasteiger partial charge in [-0.05, 0) is 26.0 Å². The Kier molecular flexibility index (Phi) is 4.25. The van der Waals surface area contributed by atoms with Gasteiger partial charge in [0.25, 0.3) is 11.6 Å². The highest BCUT2D eigenvalue weighted by Gasteiger charge is 2.24. The second kappa shape index (κ2) is 5.48. The van der Waals surface area contributed by atoms with E-state index in [1.54, 1.807) is 20.2 Å². The van der Waals surface area contributed by atoms with Gasteiger partial charge >= 0.3 is 0 Å². The quantitative estimate of drug-likeness (QED) is 0.657. The average Bonchev–Trinajstić information content (AvgIpc) is 2.35. The van der Waals surface area contributed by atoms with Crippen LogP contribution in [0.5, 0.6) is 0 Å². The van der Waals surface area contributed by atoms with E-state index in [0.717, 1.165) is 0 Å². The van der Waals surface area contributed by atoms with Gasteiger partial charge in [-0.3, -0.25) is 14.9 Å². The smallest absolute Gasteiger partial charge is 0.282 e. The van der Waals surface area contributed by atoms with Crippen molar-refractivity contribution in [2.45, 2.75) is 19.9 Å². The molecule has 6 heteroatoms. The number of amides is 1. The summed E-state index contributed by atoms with van der Waals surface area (Å²) in [5, 5.41) is 13.8. The first-order valence-electron chi connectivity index (χ1n) is 5.61. The third-order valence-corrected chi connectivity index (χ3v) is 2.81. The molecule has 0 bridgehead atoms. The summed E-state index contributed by atoms with van der Waals surface area (Å²) in [6.45, 7) is 3.71. The normalized spacial score (nSPS) is 10.3.